The van der Waals surface area contributed by atoms with Crippen LogP contribution in [-0.2, 0) is 17.6 Å². The molecule has 2 heterocycles. The van der Waals surface area contributed by atoms with E-state index in [1.165, 1.54) is 0 Å². The Hall–Kier alpha value is -1.23. The molecule has 18 heavy (non-hydrogen) atoms. The van der Waals surface area contributed by atoms with E-state index in [2.05, 4.69) is 34.3 Å². The van der Waals surface area contributed by atoms with Crippen LogP contribution in [0.25, 0.3) is 0 Å². The molecule has 5 nitrogen and oxygen atoms in total. The summed E-state index contributed by atoms with van der Waals surface area (Å²) in [5.74, 6) is 1.33. The average molecular weight is 250 g/mol. The van der Waals surface area contributed by atoms with Crippen LogP contribution < -0.4 is 5.32 Å². The highest BCUT2D eigenvalue weighted by Crippen LogP contribution is 2.15. The lowest BCUT2D eigenvalue weighted by molar-refractivity contribution is 0.0699. The number of hydrogen-bond donors (Lipinski definition) is 1. The second-order valence-electron chi connectivity index (χ2n) is 4.67. The van der Waals surface area contributed by atoms with Gasteiger partial charge in [-0.2, -0.15) is 5.10 Å². The zero-order valence-electron chi connectivity index (χ0n) is 11.3. The van der Waals surface area contributed by atoms with Crippen molar-refractivity contribution in [3.05, 3.63) is 11.4 Å². The maximum atomic E-state index is 5.35. The monoisotopic (exact) mass is 250 g/mol. The van der Waals surface area contributed by atoms with Gasteiger partial charge in [0.1, 0.15) is 0 Å². The molecule has 0 saturated carbocycles. The molecule has 2 rings (SSSR count). The Kier molecular flexibility index (Phi) is 4.87. The minimum absolute atomic E-state index is 0.663. The first-order valence-electron chi connectivity index (χ1n) is 6.87. The molecule has 100 valence electrons. The lowest BCUT2D eigenvalue weighted by Gasteiger charge is -2.22. The third kappa shape index (κ3) is 3.38. The number of nitrogens with zero attached hydrogens (tertiary/aromatic N) is 3. The molecular weight excluding hydrogens is 228 g/mol. The molecule has 0 aromatic carbocycles. The molecular formula is C13H22N4O. The molecule has 1 saturated heterocycles. The van der Waals surface area contributed by atoms with E-state index in [-0.39, 0.29) is 0 Å². The van der Waals surface area contributed by atoms with Gasteiger partial charge in [-0.15, -0.1) is 5.10 Å². The van der Waals surface area contributed by atoms with Crippen LogP contribution in [0, 0.1) is 5.92 Å². The van der Waals surface area contributed by atoms with Crippen LogP contribution in [-0.4, -0.2) is 34.9 Å². The van der Waals surface area contributed by atoms with Gasteiger partial charge in [0.25, 0.3) is 0 Å². The lowest BCUT2D eigenvalue weighted by atomic mass is 10.0. The van der Waals surface area contributed by atoms with E-state index in [1.807, 2.05) is 0 Å². The van der Waals surface area contributed by atoms with Crippen molar-refractivity contribution in [3.8, 4) is 0 Å². The van der Waals surface area contributed by atoms with Crippen LogP contribution in [0.1, 0.15) is 38.1 Å². The maximum Gasteiger partial charge on any atom is 0.242 e. The normalized spacial score (nSPS) is 16.8. The summed E-state index contributed by atoms with van der Waals surface area (Å²) in [4.78, 5) is 4.53. The van der Waals surface area contributed by atoms with Crippen molar-refractivity contribution >= 4 is 5.95 Å². The van der Waals surface area contributed by atoms with Gasteiger partial charge in [-0.25, -0.2) is 4.98 Å². The molecule has 0 amide bonds. The van der Waals surface area contributed by atoms with Gasteiger partial charge in [0, 0.05) is 19.8 Å². The van der Waals surface area contributed by atoms with Crippen molar-refractivity contribution in [1.82, 2.24) is 15.2 Å². The SMILES string of the molecule is CCc1nnc(NCC2CCOCC2)nc1CC. The zero-order chi connectivity index (χ0) is 12.8. The van der Waals surface area contributed by atoms with E-state index in [0.29, 0.717) is 11.9 Å². The standard InChI is InChI=1S/C13H22N4O/c1-3-11-12(4-2)16-17-13(15-11)14-9-10-5-7-18-8-6-10/h10H,3-9H2,1-2H3,(H,14,15,17). The summed E-state index contributed by atoms with van der Waals surface area (Å²) < 4.78 is 5.35. The van der Waals surface area contributed by atoms with Gasteiger partial charge in [-0.05, 0) is 31.6 Å². The highest BCUT2D eigenvalue weighted by molar-refractivity contribution is 5.25. The Labute approximate surface area is 108 Å². The van der Waals surface area contributed by atoms with Crippen molar-refractivity contribution in [3.63, 3.8) is 0 Å². The van der Waals surface area contributed by atoms with Gasteiger partial charge in [0.05, 0.1) is 11.4 Å². The van der Waals surface area contributed by atoms with Crippen LogP contribution in [0.3, 0.4) is 0 Å². The molecule has 0 spiro atoms. The number of anilines is 1. The Morgan fingerprint density at radius 1 is 1.11 bits per heavy atom. The summed E-state index contributed by atoms with van der Waals surface area (Å²) in [5.41, 5.74) is 2.07. The first-order chi connectivity index (χ1) is 8.83. The Morgan fingerprint density at radius 2 is 1.83 bits per heavy atom. The largest absolute Gasteiger partial charge is 0.381 e. The van der Waals surface area contributed by atoms with E-state index < -0.39 is 0 Å². The molecule has 0 unspecified atom stereocenters. The van der Waals surface area contributed by atoms with E-state index in [4.69, 9.17) is 4.74 Å². The van der Waals surface area contributed by atoms with Crippen molar-refractivity contribution in [2.75, 3.05) is 25.1 Å². The zero-order valence-corrected chi connectivity index (χ0v) is 11.3. The number of ether oxygens (including phenoxy) is 1. The van der Waals surface area contributed by atoms with Crippen LogP contribution in [0.4, 0.5) is 5.95 Å². The van der Waals surface area contributed by atoms with Crippen LogP contribution >= 0.6 is 0 Å². The molecule has 0 radical (unpaired) electrons. The maximum absolute atomic E-state index is 5.35. The fourth-order valence-corrected chi connectivity index (χ4v) is 2.20. The third-order valence-corrected chi connectivity index (χ3v) is 3.40. The van der Waals surface area contributed by atoms with Crippen molar-refractivity contribution in [1.29, 1.82) is 0 Å². The van der Waals surface area contributed by atoms with Gasteiger partial charge >= 0.3 is 0 Å². The molecule has 1 fully saturated rings. The highest BCUT2D eigenvalue weighted by atomic mass is 16.5. The van der Waals surface area contributed by atoms with Gasteiger partial charge in [0.15, 0.2) is 0 Å². The van der Waals surface area contributed by atoms with E-state index in [1.54, 1.807) is 0 Å². The molecule has 1 N–H and O–H groups in total. The average Bonchev–Trinajstić information content (AvgIpc) is 2.45. The second kappa shape index (κ2) is 6.64. The predicted molar refractivity (Wildman–Crippen MR) is 70.6 cm³/mol. The van der Waals surface area contributed by atoms with Gasteiger partial charge in [-0.1, -0.05) is 13.8 Å². The van der Waals surface area contributed by atoms with Crippen molar-refractivity contribution in [2.24, 2.45) is 5.92 Å². The second-order valence-corrected chi connectivity index (χ2v) is 4.67. The number of aryl methyl sites for hydroxylation is 2. The molecule has 1 aromatic heterocycles. The predicted octanol–water partition coefficient (Wildman–Crippen LogP) is 1.83. The number of rotatable bonds is 5. The smallest absolute Gasteiger partial charge is 0.242 e. The summed E-state index contributed by atoms with van der Waals surface area (Å²) >= 11 is 0. The van der Waals surface area contributed by atoms with Crippen molar-refractivity contribution in [2.45, 2.75) is 39.5 Å². The molecule has 1 aliphatic rings. The molecule has 0 atom stereocenters. The van der Waals surface area contributed by atoms with Gasteiger partial charge < -0.3 is 10.1 Å². The molecule has 5 heteroatoms. The Bertz CT molecular complexity index is 377. The summed E-state index contributed by atoms with van der Waals surface area (Å²) in [5, 5.41) is 11.7. The first kappa shape index (κ1) is 13.2. The van der Waals surface area contributed by atoms with Gasteiger partial charge in [0.2, 0.25) is 5.95 Å². The molecule has 1 aliphatic heterocycles. The fourth-order valence-electron chi connectivity index (χ4n) is 2.20. The molecule has 0 bridgehead atoms. The minimum Gasteiger partial charge on any atom is -0.381 e. The van der Waals surface area contributed by atoms with Crippen LogP contribution in [0.5, 0.6) is 0 Å². The van der Waals surface area contributed by atoms with E-state index >= 15 is 0 Å². The quantitative estimate of drug-likeness (QED) is 0.864. The third-order valence-electron chi connectivity index (χ3n) is 3.40. The highest BCUT2D eigenvalue weighted by Gasteiger charge is 2.14. The van der Waals surface area contributed by atoms with Crippen LogP contribution in [0.2, 0.25) is 0 Å². The summed E-state index contributed by atoms with van der Waals surface area (Å²) in [6.45, 7) is 6.85. The van der Waals surface area contributed by atoms with Crippen molar-refractivity contribution < 1.29 is 4.74 Å². The van der Waals surface area contributed by atoms with E-state index in [9.17, 15) is 0 Å². The number of hydrogen-bond acceptors (Lipinski definition) is 5. The molecule has 0 aliphatic carbocycles. The summed E-state index contributed by atoms with van der Waals surface area (Å²) in [7, 11) is 0. The van der Waals surface area contributed by atoms with Crippen LogP contribution in [0.15, 0.2) is 0 Å². The molecule has 1 aromatic rings. The Morgan fingerprint density at radius 3 is 2.50 bits per heavy atom. The lowest BCUT2D eigenvalue weighted by Crippen LogP contribution is -2.23. The summed E-state index contributed by atoms with van der Waals surface area (Å²) in [6, 6.07) is 0. The van der Waals surface area contributed by atoms with Gasteiger partial charge in [-0.3, -0.25) is 0 Å². The Balaban J connectivity index is 1.92. The summed E-state index contributed by atoms with van der Waals surface area (Å²) in [6.07, 6.45) is 4.04. The minimum atomic E-state index is 0.663. The topological polar surface area (TPSA) is 59.9 Å². The fraction of sp³-hybridized carbons (Fsp3) is 0.769. The number of aromatic nitrogens is 3. The number of nitrogens with one attached hydrogen (secondary N) is 1. The first-order valence-corrected chi connectivity index (χ1v) is 6.87. The van der Waals surface area contributed by atoms with E-state index in [0.717, 1.165) is 56.8 Å².